The SMILES string of the molecule is NC1=NC(c2ccncc2)(c2cccc(OCC3CCCC3)c2)c2cccnc21. The Hall–Kier alpha value is -3.21. The minimum absolute atomic E-state index is 0.453. The lowest BCUT2D eigenvalue weighted by Gasteiger charge is -2.29. The number of rotatable bonds is 5. The number of ether oxygens (including phenoxy) is 1. The number of aliphatic imine (C=N–C) groups is 1. The van der Waals surface area contributed by atoms with Gasteiger partial charge in [0.25, 0.3) is 0 Å². The first-order valence-electron chi connectivity index (χ1n) is 10.2. The first-order valence-corrected chi connectivity index (χ1v) is 10.2. The molecule has 0 radical (unpaired) electrons. The van der Waals surface area contributed by atoms with Crippen LogP contribution in [0, 0.1) is 5.92 Å². The highest BCUT2D eigenvalue weighted by molar-refractivity contribution is 6.01. The van der Waals surface area contributed by atoms with E-state index in [0.29, 0.717) is 11.8 Å². The van der Waals surface area contributed by atoms with Gasteiger partial charge in [-0.15, -0.1) is 0 Å². The van der Waals surface area contributed by atoms with Gasteiger partial charge in [-0.3, -0.25) is 9.97 Å². The van der Waals surface area contributed by atoms with Crippen molar-refractivity contribution in [3.63, 3.8) is 0 Å². The van der Waals surface area contributed by atoms with Gasteiger partial charge in [0.15, 0.2) is 0 Å². The highest BCUT2D eigenvalue weighted by Gasteiger charge is 2.43. The third-order valence-electron chi connectivity index (χ3n) is 6.04. The number of pyridine rings is 2. The largest absolute Gasteiger partial charge is 0.493 e. The lowest BCUT2D eigenvalue weighted by Crippen LogP contribution is -2.25. The number of fused-ring (bicyclic) bond motifs is 1. The van der Waals surface area contributed by atoms with E-state index >= 15 is 0 Å². The molecule has 5 rings (SSSR count). The molecule has 0 bridgehead atoms. The van der Waals surface area contributed by atoms with Gasteiger partial charge in [-0.1, -0.05) is 31.0 Å². The molecule has 1 saturated carbocycles. The summed E-state index contributed by atoms with van der Waals surface area (Å²) in [5, 5.41) is 0. The zero-order valence-corrected chi connectivity index (χ0v) is 16.3. The maximum absolute atomic E-state index is 6.32. The molecular formula is C24H24N4O. The van der Waals surface area contributed by atoms with Crippen molar-refractivity contribution in [2.45, 2.75) is 31.2 Å². The third kappa shape index (κ3) is 3.07. The monoisotopic (exact) mass is 384 g/mol. The maximum atomic E-state index is 6.32. The van der Waals surface area contributed by atoms with Crippen LogP contribution < -0.4 is 10.5 Å². The van der Waals surface area contributed by atoms with Crippen molar-refractivity contribution in [3.8, 4) is 5.75 Å². The second-order valence-electron chi connectivity index (χ2n) is 7.83. The van der Waals surface area contributed by atoms with Crippen LogP contribution in [0.5, 0.6) is 5.75 Å². The Balaban J connectivity index is 1.59. The van der Waals surface area contributed by atoms with E-state index in [2.05, 4.69) is 28.2 Å². The molecule has 2 aromatic heterocycles. The Morgan fingerprint density at radius 3 is 2.62 bits per heavy atom. The standard InChI is InChI=1S/C24H24N4O/c25-23-22-21(9-4-12-27-22)24(28-23,18-10-13-26-14-11-18)19-7-3-8-20(15-19)29-16-17-5-1-2-6-17/h3-4,7-15,17H,1-2,5-6,16H2,(H2,25,28). The Labute approximate surface area is 170 Å². The smallest absolute Gasteiger partial charge is 0.146 e. The van der Waals surface area contributed by atoms with Crippen molar-refractivity contribution in [1.29, 1.82) is 0 Å². The van der Waals surface area contributed by atoms with Gasteiger partial charge in [0.2, 0.25) is 0 Å². The van der Waals surface area contributed by atoms with Crippen LogP contribution in [0.2, 0.25) is 0 Å². The molecule has 3 aromatic rings. The lowest BCUT2D eigenvalue weighted by molar-refractivity contribution is 0.252. The minimum atomic E-state index is -0.747. The van der Waals surface area contributed by atoms with E-state index in [-0.39, 0.29) is 0 Å². The molecule has 2 N–H and O–H groups in total. The van der Waals surface area contributed by atoms with Gasteiger partial charge in [0.1, 0.15) is 22.8 Å². The predicted molar refractivity (Wildman–Crippen MR) is 113 cm³/mol. The van der Waals surface area contributed by atoms with E-state index in [1.807, 2.05) is 30.3 Å². The van der Waals surface area contributed by atoms with Crippen LogP contribution in [0.4, 0.5) is 0 Å². The van der Waals surface area contributed by atoms with E-state index < -0.39 is 5.54 Å². The Morgan fingerprint density at radius 1 is 0.966 bits per heavy atom. The zero-order chi connectivity index (χ0) is 19.7. The second kappa shape index (κ2) is 7.32. The fourth-order valence-electron chi connectivity index (χ4n) is 4.60. The summed E-state index contributed by atoms with van der Waals surface area (Å²) >= 11 is 0. The van der Waals surface area contributed by atoms with Crippen LogP contribution in [0.25, 0.3) is 0 Å². The summed E-state index contributed by atoms with van der Waals surface area (Å²) < 4.78 is 6.18. The number of nitrogens with two attached hydrogens (primary N) is 1. The van der Waals surface area contributed by atoms with Gasteiger partial charge in [0.05, 0.1) is 6.61 Å². The predicted octanol–water partition coefficient (Wildman–Crippen LogP) is 4.06. The van der Waals surface area contributed by atoms with Crippen molar-refractivity contribution in [3.05, 3.63) is 89.5 Å². The van der Waals surface area contributed by atoms with Gasteiger partial charge in [-0.25, -0.2) is 4.99 Å². The number of hydrogen-bond acceptors (Lipinski definition) is 5. The molecule has 2 aliphatic rings. The zero-order valence-electron chi connectivity index (χ0n) is 16.3. The quantitative estimate of drug-likeness (QED) is 0.720. The molecule has 1 fully saturated rings. The van der Waals surface area contributed by atoms with Crippen molar-refractivity contribution < 1.29 is 4.74 Å². The summed E-state index contributed by atoms with van der Waals surface area (Å²) in [6, 6.07) is 16.2. The topological polar surface area (TPSA) is 73.4 Å². The van der Waals surface area contributed by atoms with E-state index in [1.165, 1.54) is 25.7 Å². The van der Waals surface area contributed by atoms with Crippen LogP contribution in [0.3, 0.4) is 0 Å². The molecule has 0 spiro atoms. The van der Waals surface area contributed by atoms with E-state index in [4.69, 9.17) is 15.5 Å². The summed E-state index contributed by atoms with van der Waals surface area (Å²) in [5.74, 6) is 1.99. The molecule has 1 aliphatic carbocycles. The summed E-state index contributed by atoms with van der Waals surface area (Å²) in [4.78, 5) is 13.6. The Morgan fingerprint density at radius 2 is 1.79 bits per heavy atom. The van der Waals surface area contributed by atoms with Gasteiger partial charge in [-0.2, -0.15) is 0 Å². The van der Waals surface area contributed by atoms with Crippen molar-refractivity contribution >= 4 is 5.84 Å². The molecule has 3 heterocycles. The van der Waals surface area contributed by atoms with E-state index in [0.717, 1.165) is 34.7 Å². The maximum Gasteiger partial charge on any atom is 0.146 e. The van der Waals surface area contributed by atoms with Crippen LogP contribution >= 0.6 is 0 Å². The van der Waals surface area contributed by atoms with Gasteiger partial charge in [0, 0.05) is 24.2 Å². The van der Waals surface area contributed by atoms with Gasteiger partial charge in [-0.05, 0) is 60.2 Å². The number of aromatic nitrogens is 2. The molecule has 0 saturated heterocycles. The molecule has 1 aliphatic heterocycles. The van der Waals surface area contributed by atoms with Crippen LogP contribution in [0.15, 0.2) is 72.1 Å². The highest BCUT2D eigenvalue weighted by Crippen LogP contribution is 2.45. The molecule has 0 amide bonds. The average molecular weight is 384 g/mol. The first kappa shape index (κ1) is 17.9. The lowest BCUT2D eigenvalue weighted by atomic mass is 9.79. The van der Waals surface area contributed by atoms with Crippen LogP contribution in [-0.2, 0) is 5.54 Å². The molecular weight excluding hydrogens is 360 g/mol. The minimum Gasteiger partial charge on any atom is -0.493 e. The van der Waals surface area contributed by atoms with E-state index in [1.54, 1.807) is 18.6 Å². The second-order valence-corrected chi connectivity index (χ2v) is 7.83. The number of nitrogens with zero attached hydrogens (tertiary/aromatic N) is 3. The Bertz CT molecular complexity index is 1040. The highest BCUT2D eigenvalue weighted by atomic mass is 16.5. The summed E-state index contributed by atoms with van der Waals surface area (Å²) in [7, 11) is 0. The fourth-order valence-corrected chi connectivity index (χ4v) is 4.60. The normalized spacial score (nSPS) is 21.0. The van der Waals surface area contributed by atoms with Crippen LogP contribution in [-0.4, -0.2) is 22.4 Å². The molecule has 5 heteroatoms. The molecule has 1 aromatic carbocycles. The summed E-state index contributed by atoms with van der Waals surface area (Å²) in [6.45, 7) is 0.773. The molecule has 146 valence electrons. The number of amidine groups is 1. The third-order valence-corrected chi connectivity index (χ3v) is 6.04. The molecule has 1 unspecified atom stereocenters. The summed E-state index contributed by atoms with van der Waals surface area (Å²) in [6.07, 6.45) is 10.5. The van der Waals surface area contributed by atoms with Crippen molar-refractivity contribution in [1.82, 2.24) is 9.97 Å². The summed E-state index contributed by atoms with van der Waals surface area (Å²) in [5.41, 5.74) is 9.32. The van der Waals surface area contributed by atoms with Crippen molar-refractivity contribution in [2.75, 3.05) is 6.61 Å². The van der Waals surface area contributed by atoms with Crippen molar-refractivity contribution in [2.24, 2.45) is 16.6 Å². The number of hydrogen-bond donors (Lipinski definition) is 1. The van der Waals surface area contributed by atoms with Crippen LogP contribution in [0.1, 0.15) is 48.1 Å². The average Bonchev–Trinajstić information content (AvgIpc) is 3.40. The Kier molecular flexibility index (Phi) is 4.51. The molecule has 5 nitrogen and oxygen atoms in total. The molecule has 29 heavy (non-hydrogen) atoms. The van der Waals surface area contributed by atoms with E-state index in [9.17, 15) is 0 Å². The first-order chi connectivity index (χ1) is 14.3. The number of benzene rings is 1. The van der Waals surface area contributed by atoms with Gasteiger partial charge < -0.3 is 10.5 Å². The molecule has 1 atom stereocenters. The fraction of sp³-hybridized carbons (Fsp3) is 0.292. The van der Waals surface area contributed by atoms with Gasteiger partial charge >= 0.3 is 0 Å².